The summed E-state index contributed by atoms with van der Waals surface area (Å²) in [6.07, 6.45) is 1.03. The number of carbonyl (C=O) groups excluding carboxylic acids is 1. The summed E-state index contributed by atoms with van der Waals surface area (Å²) in [7, 11) is -2.05. The number of rotatable bonds is 7. The Morgan fingerprint density at radius 3 is 2.44 bits per heavy atom. The van der Waals surface area contributed by atoms with Crippen LogP contribution < -0.4 is 19.5 Å². The lowest BCUT2D eigenvalue weighted by atomic mass is 10.2. The van der Waals surface area contributed by atoms with E-state index in [1.807, 2.05) is 0 Å². The quantitative estimate of drug-likeness (QED) is 0.706. The number of nitrogens with one attached hydrogen (secondary N) is 2. The van der Waals surface area contributed by atoms with E-state index < -0.39 is 10.0 Å². The molecular formula is C16H17BrN2O5S. The standard InChI is InChI=1S/C16H17BrN2O5S/c1-23-15-8-5-12(9-14(15)19-25(2,21)22)18-16(20)10-24-13-6-3-11(17)4-7-13/h3-9,19H,10H2,1-2H3,(H,18,20). The van der Waals surface area contributed by atoms with Gasteiger partial charge in [-0.2, -0.15) is 0 Å². The smallest absolute Gasteiger partial charge is 0.262 e. The lowest BCUT2D eigenvalue weighted by Crippen LogP contribution is -2.20. The molecule has 9 heteroatoms. The van der Waals surface area contributed by atoms with Gasteiger partial charge in [-0.05, 0) is 42.5 Å². The van der Waals surface area contributed by atoms with Gasteiger partial charge in [-0.1, -0.05) is 15.9 Å². The highest BCUT2D eigenvalue weighted by Crippen LogP contribution is 2.28. The van der Waals surface area contributed by atoms with Crippen LogP contribution in [0.15, 0.2) is 46.9 Å². The first-order valence-electron chi connectivity index (χ1n) is 7.11. The number of sulfonamides is 1. The summed E-state index contributed by atoms with van der Waals surface area (Å²) in [5.74, 6) is 0.528. The molecule has 0 bridgehead atoms. The molecule has 2 N–H and O–H groups in total. The van der Waals surface area contributed by atoms with Gasteiger partial charge in [0.25, 0.3) is 5.91 Å². The first-order valence-corrected chi connectivity index (χ1v) is 9.79. The number of amides is 1. The van der Waals surface area contributed by atoms with Crippen molar-refractivity contribution in [2.75, 3.05) is 30.0 Å². The maximum absolute atomic E-state index is 12.0. The number of ether oxygens (including phenoxy) is 2. The fourth-order valence-electron chi connectivity index (χ4n) is 1.94. The number of methoxy groups -OCH3 is 1. The molecule has 0 aliphatic rings. The Labute approximate surface area is 154 Å². The topological polar surface area (TPSA) is 93.7 Å². The zero-order valence-corrected chi connectivity index (χ0v) is 16.0. The van der Waals surface area contributed by atoms with E-state index in [0.717, 1.165) is 10.7 Å². The highest BCUT2D eigenvalue weighted by atomic mass is 79.9. The van der Waals surface area contributed by atoms with Crippen molar-refractivity contribution in [2.24, 2.45) is 0 Å². The third kappa shape index (κ3) is 6.28. The normalized spacial score (nSPS) is 10.8. The third-order valence-corrected chi connectivity index (χ3v) is 4.08. The van der Waals surface area contributed by atoms with Crippen LogP contribution in [-0.2, 0) is 14.8 Å². The summed E-state index contributed by atoms with van der Waals surface area (Å²) in [5, 5.41) is 2.64. The number of hydrogen-bond acceptors (Lipinski definition) is 5. The molecular weight excluding hydrogens is 412 g/mol. The van der Waals surface area contributed by atoms with E-state index in [9.17, 15) is 13.2 Å². The van der Waals surface area contributed by atoms with E-state index in [1.165, 1.54) is 13.2 Å². The summed E-state index contributed by atoms with van der Waals surface area (Å²) < 4.78 is 36.5. The molecule has 0 saturated carbocycles. The lowest BCUT2D eigenvalue weighted by molar-refractivity contribution is -0.118. The van der Waals surface area contributed by atoms with Crippen LogP contribution in [0.4, 0.5) is 11.4 Å². The molecule has 2 aromatic carbocycles. The maximum Gasteiger partial charge on any atom is 0.262 e. The predicted molar refractivity (Wildman–Crippen MR) is 99.7 cm³/mol. The maximum atomic E-state index is 12.0. The molecule has 25 heavy (non-hydrogen) atoms. The highest BCUT2D eigenvalue weighted by molar-refractivity contribution is 9.10. The van der Waals surface area contributed by atoms with Gasteiger partial charge in [0.05, 0.1) is 19.1 Å². The fourth-order valence-corrected chi connectivity index (χ4v) is 2.77. The van der Waals surface area contributed by atoms with Gasteiger partial charge in [-0.15, -0.1) is 0 Å². The molecule has 2 rings (SSSR count). The Bertz CT molecular complexity index is 853. The van der Waals surface area contributed by atoms with Crippen molar-refractivity contribution >= 4 is 43.2 Å². The van der Waals surface area contributed by atoms with Gasteiger partial charge in [-0.3, -0.25) is 9.52 Å². The van der Waals surface area contributed by atoms with Crippen LogP contribution in [-0.4, -0.2) is 34.3 Å². The van der Waals surface area contributed by atoms with Gasteiger partial charge < -0.3 is 14.8 Å². The predicted octanol–water partition coefficient (Wildman–Crippen LogP) is 2.85. The molecule has 0 aliphatic carbocycles. The average Bonchev–Trinajstić information content (AvgIpc) is 2.53. The summed E-state index contributed by atoms with van der Waals surface area (Å²) >= 11 is 3.32. The molecule has 7 nitrogen and oxygen atoms in total. The van der Waals surface area contributed by atoms with Crippen molar-refractivity contribution in [3.05, 3.63) is 46.9 Å². The van der Waals surface area contributed by atoms with Gasteiger partial charge in [-0.25, -0.2) is 8.42 Å². The highest BCUT2D eigenvalue weighted by Gasteiger charge is 2.11. The van der Waals surface area contributed by atoms with Crippen molar-refractivity contribution in [1.29, 1.82) is 0 Å². The van der Waals surface area contributed by atoms with Crippen molar-refractivity contribution < 1.29 is 22.7 Å². The van der Waals surface area contributed by atoms with Crippen molar-refractivity contribution in [3.63, 3.8) is 0 Å². The van der Waals surface area contributed by atoms with Crippen LogP contribution in [0.3, 0.4) is 0 Å². The zero-order valence-electron chi connectivity index (χ0n) is 13.6. The van der Waals surface area contributed by atoms with Crippen molar-refractivity contribution in [2.45, 2.75) is 0 Å². The number of anilines is 2. The van der Waals surface area contributed by atoms with Gasteiger partial charge in [0.15, 0.2) is 6.61 Å². The first kappa shape index (κ1) is 19.1. The van der Waals surface area contributed by atoms with E-state index >= 15 is 0 Å². The van der Waals surface area contributed by atoms with Crippen LogP contribution in [0.1, 0.15) is 0 Å². The molecule has 0 atom stereocenters. The molecule has 0 fully saturated rings. The minimum absolute atomic E-state index is 0.178. The molecule has 0 heterocycles. The summed E-state index contributed by atoms with van der Waals surface area (Å²) in [5.41, 5.74) is 0.646. The molecule has 0 radical (unpaired) electrons. The van der Waals surface area contributed by atoms with Crippen LogP contribution in [0.5, 0.6) is 11.5 Å². The van der Waals surface area contributed by atoms with Crippen LogP contribution in [0.25, 0.3) is 0 Å². The SMILES string of the molecule is COc1ccc(NC(=O)COc2ccc(Br)cc2)cc1NS(C)(=O)=O. The second-order valence-corrected chi connectivity index (χ2v) is 7.74. The van der Waals surface area contributed by atoms with E-state index in [1.54, 1.807) is 36.4 Å². The molecule has 0 aliphatic heterocycles. The molecule has 2 aromatic rings. The minimum Gasteiger partial charge on any atom is -0.495 e. The van der Waals surface area contributed by atoms with E-state index in [-0.39, 0.29) is 18.2 Å². The Balaban J connectivity index is 2.02. The number of halogens is 1. The van der Waals surface area contributed by atoms with Crippen LogP contribution >= 0.6 is 15.9 Å². The Morgan fingerprint density at radius 2 is 1.84 bits per heavy atom. The molecule has 0 spiro atoms. The van der Waals surface area contributed by atoms with Crippen molar-refractivity contribution in [3.8, 4) is 11.5 Å². The molecule has 0 unspecified atom stereocenters. The first-order chi connectivity index (χ1) is 11.8. The summed E-state index contributed by atoms with van der Waals surface area (Å²) in [4.78, 5) is 12.0. The fraction of sp³-hybridized carbons (Fsp3) is 0.188. The minimum atomic E-state index is -3.48. The van der Waals surface area contributed by atoms with Gasteiger partial charge in [0.1, 0.15) is 11.5 Å². The number of carbonyl (C=O) groups is 1. The summed E-state index contributed by atoms with van der Waals surface area (Å²) in [6, 6.07) is 11.7. The Morgan fingerprint density at radius 1 is 1.16 bits per heavy atom. The van der Waals surface area contributed by atoms with Crippen LogP contribution in [0, 0.1) is 0 Å². The van der Waals surface area contributed by atoms with E-state index in [2.05, 4.69) is 26.0 Å². The lowest BCUT2D eigenvalue weighted by Gasteiger charge is -2.12. The van der Waals surface area contributed by atoms with E-state index in [0.29, 0.717) is 17.2 Å². The van der Waals surface area contributed by atoms with Crippen LogP contribution in [0.2, 0.25) is 0 Å². The Kier molecular flexibility index (Phi) is 6.27. The second kappa shape index (κ2) is 8.21. The average molecular weight is 429 g/mol. The second-order valence-electron chi connectivity index (χ2n) is 5.08. The summed E-state index contributed by atoms with van der Waals surface area (Å²) in [6.45, 7) is -0.178. The third-order valence-electron chi connectivity index (χ3n) is 2.96. The van der Waals surface area contributed by atoms with Crippen molar-refractivity contribution in [1.82, 2.24) is 0 Å². The monoisotopic (exact) mass is 428 g/mol. The molecule has 134 valence electrons. The zero-order chi connectivity index (χ0) is 18.4. The molecule has 0 aromatic heterocycles. The van der Waals surface area contributed by atoms with E-state index in [4.69, 9.17) is 9.47 Å². The van der Waals surface area contributed by atoms with Gasteiger partial charge in [0.2, 0.25) is 10.0 Å². The largest absolute Gasteiger partial charge is 0.495 e. The van der Waals surface area contributed by atoms with Gasteiger partial charge in [0, 0.05) is 10.2 Å². The van der Waals surface area contributed by atoms with Gasteiger partial charge >= 0.3 is 0 Å². The molecule has 0 saturated heterocycles. The molecule has 1 amide bonds. The Hall–Kier alpha value is -2.26. The number of hydrogen-bond donors (Lipinski definition) is 2. The number of benzene rings is 2.